The Morgan fingerprint density at radius 2 is 2.06 bits per heavy atom. The molecule has 2 heterocycles. The third-order valence-electron chi connectivity index (χ3n) is 4.58. The minimum Gasteiger partial charge on any atom is -0.493 e. The van der Waals surface area contributed by atoms with Gasteiger partial charge in [0.1, 0.15) is 24.4 Å². The van der Waals surface area contributed by atoms with Gasteiger partial charge in [-0.1, -0.05) is 6.07 Å². The molecule has 0 aliphatic heterocycles. The van der Waals surface area contributed by atoms with Crippen LogP contribution in [0.25, 0.3) is 10.9 Å². The summed E-state index contributed by atoms with van der Waals surface area (Å²) in [5.41, 5.74) is 1.05. The molecule has 8 nitrogen and oxygen atoms in total. The Bertz CT molecular complexity index is 1280. The van der Waals surface area contributed by atoms with Gasteiger partial charge < -0.3 is 15.4 Å². The highest BCUT2D eigenvalue weighted by atomic mass is 35.5. The van der Waals surface area contributed by atoms with Gasteiger partial charge >= 0.3 is 0 Å². The standard InChI is InChI=1S/C22H19ClF2N6O2/c23-7-2-8-33-15-5-6-16-19(9-15)26-13-27-22(16)29-14-10-28-31(11-14)12-20(32)30-18-4-1-3-17(24)21(18)25/h1,3-6,9-11,13H,2,7-8,12H2,(H,30,32)(H,26,27,29). The Morgan fingerprint density at radius 1 is 1.18 bits per heavy atom. The molecule has 2 aromatic heterocycles. The average Bonchev–Trinajstić information content (AvgIpc) is 3.23. The molecule has 0 aliphatic rings. The van der Waals surface area contributed by atoms with E-state index in [9.17, 15) is 13.6 Å². The number of aromatic nitrogens is 4. The number of hydrogen-bond acceptors (Lipinski definition) is 6. The molecule has 2 aromatic carbocycles. The molecule has 11 heteroatoms. The van der Waals surface area contributed by atoms with Gasteiger partial charge in [-0.2, -0.15) is 5.10 Å². The molecule has 1 amide bonds. The zero-order chi connectivity index (χ0) is 23.2. The van der Waals surface area contributed by atoms with Crippen molar-refractivity contribution in [2.75, 3.05) is 23.1 Å². The summed E-state index contributed by atoms with van der Waals surface area (Å²) in [6.45, 7) is 0.328. The van der Waals surface area contributed by atoms with Crippen molar-refractivity contribution in [3.05, 3.63) is 66.8 Å². The SMILES string of the molecule is O=C(Cn1cc(Nc2ncnc3cc(OCCCCl)ccc23)cn1)Nc1cccc(F)c1F. The van der Waals surface area contributed by atoms with Crippen LogP contribution in [0.2, 0.25) is 0 Å². The first kappa shape index (κ1) is 22.4. The van der Waals surface area contributed by atoms with Crippen LogP contribution < -0.4 is 15.4 Å². The largest absolute Gasteiger partial charge is 0.493 e. The molecular weight excluding hydrogens is 454 g/mol. The lowest BCUT2D eigenvalue weighted by atomic mass is 10.2. The fraction of sp³-hybridized carbons (Fsp3) is 0.182. The van der Waals surface area contributed by atoms with E-state index in [1.54, 1.807) is 6.20 Å². The van der Waals surface area contributed by atoms with E-state index in [1.807, 2.05) is 18.2 Å². The van der Waals surface area contributed by atoms with E-state index in [0.717, 1.165) is 17.9 Å². The van der Waals surface area contributed by atoms with E-state index in [-0.39, 0.29) is 12.2 Å². The summed E-state index contributed by atoms with van der Waals surface area (Å²) >= 11 is 5.67. The Balaban J connectivity index is 1.42. The second-order valence-electron chi connectivity index (χ2n) is 6.99. The number of carbonyl (C=O) groups excluding carboxylic acids is 1. The van der Waals surface area contributed by atoms with Crippen molar-refractivity contribution in [1.29, 1.82) is 0 Å². The first-order chi connectivity index (χ1) is 16.0. The Kier molecular flexibility index (Phi) is 6.94. The minimum absolute atomic E-state index is 0.189. The maximum absolute atomic E-state index is 13.7. The third kappa shape index (κ3) is 5.53. The summed E-state index contributed by atoms with van der Waals surface area (Å²) in [7, 11) is 0. The molecule has 0 unspecified atom stereocenters. The van der Waals surface area contributed by atoms with Gasteiger partial charge in [-0.3, -0.25) is 9.48 Å². The molecule has 0 bridgehead atoms. The van der Waals surface area contributed by atoms with Crippen molar-refractivity contribution in [3.63, 3.8) is 0 Å². The number of rotatable bonds is 9. The highest BCUT2D eigenvalue weighted by Gasteiger charge is 2.12. The highest BCUT2D eigenvalue weighted by molar-refractivity contribution is 6.17. The molecule has 0 atom stereocenters. The number of benzene rings is 2. The Morgan fingerprint density at radius 3 is 2.91 bits per heavy atom. The normalized spacial score (nSPS) is 10.9. The van der Waals surface area contributed by atoms with Crippen LogP contribution in [0, 0.1) is 11.6 Å². The fourth-order valence-corrected chi connectivity index (χ4v) is 3.17. The number of alkyl halides is 1. The van der Waals surface area contributed by atoms with Gasteiger partial charge in [-0.25, -0.2) is 18.7 Å². The molecule has 0 fully saturated rings. The summed E-state index contributed by atoms with van der Waals surface area (Å²) in [5, 5.41) is 10.4. The molecule has 2 N–H and O–H groups in total. The smallest absolute Gasteiger partial charge is 0.246 e. The van der Waals surface area contributed by atoms with Gasteiger partial charge in [0.15, 0.2) is 11.6 Å². The summed E-state index contributed by atoms with van der Waals surface area (Å²) in [6, 6.07) is 9.05. The molecule has 0 saturated heterocycles. The van der Waals surface area contributed by atoms with Crippen LogP contribution in [0.15, 0.2) is 55.1 Å². The molecular formula is C22H19ClF2N6O2. The van der Waals surface area contributed by atoms with Crippen molar-refractivity contribution in [2.45, 2.75) is 13.0 Å². The van der Waals surface area contributed by atoms with Crippen molar-refractivity contribution in [3.8, 4) is 5.75 Å². The van der Waals surface area contributed by atoms with Gasteiger partial charge in [0.2, 0.25) is 5.91 Å². The van der Waals surface area contributed by atoms with Gasteiger partial charge in [0, 0.05) is 23.5 Å². The van der Waals surface area contributed by atoms with E-state index >= 15 is 0 Å². The van der Waals surface area contributed by atoms with E-state index in [1.165, 1.54) is 29.3 Å². The number of hydrogen-bond donors (Lipinski definition) is 2. The maximum atomic E-state index is 13.7. The predicted molar refractivity (Wildman–Crippen MR) is 121 cm³/mol. The zero-order valence-electron chi connectivity index (χ0n) is 17.3. The lowest BCUT2D eigenvalue weighted by molar-refractivity contribution is -0.116. The van der Waals surface area contributed by atoms with Gasteiger partial charge in [-0.05, 0) is 30.7 Å². The average molecular weight is 473 g/mol. The molecule has 0 spiro atoms. The summed E-state index contributed by atoms with van der Waals surface area (Å²) in [5.74, 6) is -0.936. The molecule has 4 rings (SSSR count). The van der Waals surface area contributed by atoms with Gasteiger partial charge in [-0.15, -0.1) is 11.6 Å². The second-order valence-corrected chi connectivity index (χ2v) is 7.37. The molecule has 170 valence electrons. The maximum Gasteiger partial charge on any atom is 0.246 e. The third-order valence-corrected chi connectivity index (χ3v) is 4.85. The first-order valence-electron chi connectivity index (χ1n) is 10.0. The van der Waals surface area contributed by atoms with Crippen LogP contribution in [0.4, 0.5) is 26.0 Å². The van der Waals surface area contributed by atoms with Gasteiger partial charge in [0.05, 0.1) is 29.7 Å². The number of amides is 1. The van der Waals surface area contributed by atoms with Crippen molar-refractivity contribution in [2.24, 2.45) is 0 Å². The topological polar surface area (TPSA) is 94.0 Å². The molecule has 0 aliphatic carbocycles. The zero-order valence-corrected chi connectivity index (χ0v) is 18.0. The fourth-order valence-electron chi connectivity index (χ4n) is 3.06. The van der Waals surface area contributed by atoms with Crippen LogP contribution in [0.1, 0.15) is 6.42 Å². The van der Waals surface area contributed by atoms with Gasteiger partial charge in [0.25, 0.3) is 0 Å². The molecule has 0 saturated carbocycles. The summed E-state index contributed by atoms with van der Waals surface area (Å²) in [4.78, 5) is 20.8. The minimum atomic E-state index is -1.11. The van der Waals surface area contributed by atoms with Crippen molar-refractivity contribution >= 4 is 45.6 Å². The van der Waals surface area contributed by atoms with E-state index < -0.39 is 17.5 Å². The van der Waals surface area contributed by atoms with Crippen LogP contribution >= 0.6 is 11.6 Å². The highest BCUT2D eigenvalue weighted by Crippen LogP contribution is 2.26. The number of anilines is 3. The summed E-state index contributed by atoms with van der Waals surface area (Å²) in [6.07, 6.45) is 5.29. The Hall–Kier alpha value is -3.79. The van der Waals surface area contributed by atoms with Crippen molar-refractivity contribution < 1.29 is 18.3 Å². The van der Waals surface area contributed by atoms with E-state index in [2.05, 4.69) is 25.7 Å². The van der Waals surface area contributed by atoms with Crippen molar-refractivity contribution in [1.82, 2.24) is 19.7 Å². The number of carbonyl (C=O) groups is 1. The molecule has 4 aromatic rings. The van der Waals surface area contributed by atoms with Crippen LogP contribution in [0.5, 0.6) is 5.75 Å². The number of ether oxygens (including phenoxy) is 1. The van der Waals surface area contributed by atoms with Crippen LogP contribution in [0.3, 0.4) is 0 Å². The predicted octanol–water partition coefficient (Wildman–Crippen LogP) is 4.49. The lowest BCUT2D eigenvalue weighted by Crippen LogP contribution is -2.19. The molecule has 0 radical (unpaired) electrons. The van der Waals surface area contributed by atoms with Crippen LogP contribution in [-0.2, 0) is 11.3 Å². The van der Waals surface area contributed by atoms with Crippen LogP contribution in [-0.4, -0.2) is 38.1 Å². The summed E-state index contributed by atoms with van der Waals surface area (Å²) < 4.78 is 34.0. The second kappa shape index (κ2) is 10.2. The quantitative estimate of drug-likeness (QED) is 0.275. The van der Waals surface area contributed by atoms with E-state index in [0.29, 0.717) is 35.3 Å². The number of fused-ring (bicyclic) bond motifs is 1. The monoisotopic (exact) mass is 472 g/mol. The number of nitrogens with zero attached hydrogens (tertiary/aromatic N) is 4. The number of halogens is 3. The molecule has 33 heavy (non-hydrogen) atoms. The van der Waals surface area contributed by atoms with E-state index in [4.69, 9.17) is 16.3 Å². The Labute approximate surface area is 192 Å². The number of nitrogens with one attached hydrogen (secondary N) is 2. The first-order valence-corrected chi connectivity index (χ1v) is 10.5. The lowest BCUT2D eigenvalue weighted by Gasteiger charge is -2.09.